The maximum Gasteiger partial charge on any atom is 0.293 e. The number of thiophene rings is 1. The maximum atomic E-state index is 13.7. The Morgan fingerprint density at radius 3 is 2.85 bits per heavy atom. The van der Waals surface area contributed by atoms with Gasteiger partial charge in [-0.05, 0) is 42.5 Å². The second kappa shape index (κ2) is 8.16. The summed E-state index contributed by atoms with van der Waals surface area (Å²) in [5.41, 5.74) is 6.50. The summed E-state index contributed by atoms with van der Waals surface area (Å²) in [4.78, 5) is 19.9. The highest BCUT2D eigenvalue weighted by Gasteiger charge is 2.27. The summed E-state index contributed by atoms with van der Waals surface area (Å²) in [5.74, 6) is 0.0140. The zero-order valence-electron chi connectivity index (χ0n) is 14.4. The molecular weight excluding hydrogens is 389 g/mol. The molecule has 0 radical (unpaired) electrons. The first-order valence-electron chi connectivity index (χ1n) is 8.43. The number of hydrogen-bond acceptors (Lipinski definition) is 5. The number of amides is 1. The second-order valence-electron chi connectivity index (χ2n) is 6.28. The summed E-state index contributed by atoms with van der Waals surface area (Å²) in [6.45, 7) is 1.15. The molecule has 1 aliphatic rings. The molecule has 0 spiro atoms. The van der Waals surface area contributed by atoms with Crippen LogP contribution in [0.4, 0.5) is 4.39 Å². The lowest BCUT2D eigenvalue weighted by Crippen LogP contribution is -2.46. The van der Waals surface area contributed by atoms with Crippen molar-refractivity contribution in [2.75, 3.05) is 13.1 Å². The highest BCUT2D eigenvalue weighted by atomic mass is 35.5. The fourth-order valence-corrected chi connectivity index (χ4v) is 3.79. The number of nitrogens with two attached hydrogens (primary N) is 1. The first-order valence-corrected chi connectivity index (χ1v) is 9.31. The molecule has 9 heteroatoms. The van der Waals surface area contributed by atoms with E-state index in [-0.39, 0.29) is 36.0 Å². The molecule has 3 aromatic rings. The molecule has 4 rings (SSSR count). The van der Waals surface area contributed by atoms with E-state index in [9.17, 15) is 9.18 Å². The van der Waals surface area contributed by atoms with E-state index in [0.29, 0.717) is 24.6 Å². The van der Waals surface area contributed by atoms with Gasteiger partial charge in [0.1, 0.15) is 5.82 Å². The van der Waals surface area contributed by atoms with Gasteiger partial charge in [-0.3, -0.25) is 4.79 Å². The zero-order chi connectivity index (χ0) is 18.1. The minimum atomic E-state index is -0.370. The number of hydrogen-bond donors (Lipinski definition) is 1. The van der Waals surface area contributed by atoms with Crippen molar-refractivity contribution in [2.45, 2.75) is 18.9 Å². The number of likely N-dealkylation sites (tertiary alicyclic amines) is 1. The van der Waals surface area contributed by atoms with Crippen LogP contribution in [-0.2, 0) is 0 Å². The first kappa shape index (κ1) is 19.5. The third-order valence-corrected chi connectivity index (χ3v) is 5.20. The molecule has 1 aromatic carbocycles. The molecule has 142 valence electrons. The van der Waals surface area contributed by atoms with Gasteiger partial charge in [-0.15, -0.1) is 28.8 Å². The summed E-state index contributed by atoms with van der Waals surface area (Å²) < 4.78 is 15.2. The van der Waals surface area contributed by atoms with Crippen molar-refractivity contribution in [3.63, 3.8) is 0 Å². The minimum absolute atomic E-state index is 0. The first-order chi connectivity index (χ1) is 12.6. The smallest absolute Gasteiger partial charge is 0.293 e. The number of rotatable bonds is 3. The molecule has 1 amide bonds. The van der Waals surface area contributed by atoms with Gasteiger partial charge in [0.15, 0.2) is 5.82 Å². The van der Waals surface area contributed by atoms with E-state index in [4.69, 9.17) is 5.73 Å². The van der Waals surface area contributed by atoms with Crippen LogP contribution in [0.3, 0.4) is 0 Å². The zero-order valence-corrected chi connectivity index (χ0v) is 16.0. The van der Waals surface area contributed by atoms with E-state index in [0.717, 1.165) is 17.7 Å². The average Bonchev–Trinajstić information content (AvgIpc) is 3.30. The van der Waals surface area contributed by atoms with Crippen molar-refractivity contribution in [2.24, 2.45) is 5.73 Å². The Kier molecular flexibility index (Phi) is 5.88. The van der Waals surface area contributed by atoms with E-state index in [1.165, 1.54) is 28.2 Å². The lowest BCUT2D eigenvalue weighted by Gasteiger charge is -2.29. The largest absolute Gasteiger partial charge is 0.334 e. The molecule has 6 nitrogen and oxygen atoms in total. The third kappa shape index (κ3) is 4.02. The van der Waals surface area contributed by atoms with Gasteiger partial charge in [0.25, 0.3) is 5.91 Å². The van der Waals surface area contributed by atoms with E-state index in [2.05, 4.69) is 10.1 Å². The quantitative estimate of drug-likeness (QED) is 0.723. The predicted molar refractivity (Wildman–Crippen MR) is 105 cm³/mol. The average molecular weight is 408 g/mol. The number of nitrogens with zero attached hydrogens (tertiary/aromatic N) is 4. The van der Waals surface area contributed by atoms with E-state index >= 15 is 0 Å². The predicted octanol–water partition coefficient (Wildman–Crippen LogP) is 3.12. The Labute approximate surface area is 166 Å². The number of piperidine rings is 1. The number of benzene rings is 1. The van der Waals surface area contributed by atoms with E-state index in [1.54, 1.807) is 17.0 Å². The third-order valence-electron chi connectivity index (χ3n) is 4.34. The summed E-state index contributed by atoms with van der Waals surface area (Å²) in [6, 6.07) is 9.86. The van der Waals surface area contributed by atoms with Crippen molar-refractivity contribution in [1.82, 2.24) is 19.7 Å². The van der Waals surface area contributed by atoms with Crippen molar-refractivity contribution >= 4 is 29.7 Å². The van der Waals surface area contributed by atoms with Crippen molar-refractivity contribution < 1.29 is 9.18 Å². The van der Waals surface area contributed by atoms with Crippen molar-refractivity contribution in [1.29, 1.82) is 0 Å². The summed E-state index contributed by atoms with van der Waals surface area (Å²) in [6.07, 6.45) is 1.78. The minimum Gasteiger partial charge on any atom is -0.334 e. The van der Waals surface area contributed by atoms with Crippen LogP contribution in [0.1, 0.15) is 23.5 Å². The van der Waals surface area contributed by atoms with Crippen LogP contribution >= 0.6 is 23.7 Å². The van der Waals surface area contributed by atoms with E-state index < -0.39 is 0 Å². The Hall–Kier alpha value is -2.29. The van der Waals surface area contributed by atoms with Gasteiger partial charge >= 0.3 is 0 Å². The second-order valence-corrected chi connectivity index (χ2v) is 7.23. The van der Waals surface area contributed by atoms with Crippen LogP contribution in [0, 0.1) is 5.82 Å². The van der Waals surface area contributed by atoms with Crippen LogP contribution < -0.4 is 5.73 Å². The standard InChI is InChI=1S/C18H18FN5OS.ClH/c19-12-4-1-6-14(10-12)24-17(15-7-3-9-26-15)21-16(22-24)18(25)23-8-2-5-13(20)11-23;/h1,3-4,6-7,9-10,13H,2,5,8,11,20H2;1H. The van der Waals surface area contributed by atoms with Gasteiger partial charge in [-0.2, -0.15) is 0 Å². The number of aromatic nitrogens is 3. The van der Waals surface area contributed by atoms with Crippen LogP contribution in [-0.4, -0.2) is 44.7 Å². The van der Waals surface area contributed by atoms with Crippen LogP contribution in [0.15, 0.2) is 41.8 Å². The fraction of sp³-hybridized carbons (Fsp3) is 0.278. The molecule has 1 atom stereocenters. The monoisotopic (exact) mass is 407 g/mol. The molecule has 3 heterocycles. The lowest BCUT2D eigenvalue weighted by atomic mass is 10.1. The van der Waals surface area contributed by atoms with Gasteiger partial charge in [0.2, 0.25) is 5.82 Å². The van der Waals surface area contributed by atoms with Gasteiger partial charge in [0, 0.05) is 19.1 Å². The Bertz CT molecular complexity index is 930. The highest BCUT2D eigenvalue weighted by Crippen LogP contribution is 2.26. The maximum absolute atomic E-state index is 13.7. The molecule has 27 heavy (non-hydrogen) atoms. The molecule has 2 N–H and O–H groups in total. The number of carbonyl (C=O) groups is 1. The summed E-state index contributed by atoms with van der Waals surface area (Å²) in [5, 5.41) is 6.31. The lowest BCUT2D eigenvalue weighted by molar-refractivity contribution is 0.0696. The van der Waals surface area contributed by atoms with Crippen LogP contribution in [0.25, 0.3) is 16.4 Å². The summed E-state index contributed by atoms with van der Waals surface area (Å²) >= 11 is 1.49. The van der Waals surface area contributed by atoms with E-state index in [1.807, 2.05) is 17.5 Å². The number of carbonyl (C=O) groups excluding carboxylic acids is 1. The Balaban J connectivity index is 0.00000210. The molecule has 1 aliphatic heterocycles. The van der Waals surface area contributed by atoms with Crippen LogP contribution in [0.5, 0.6) is 0 Å². The highest BCUT2D eigenvalue weighted by molar-refractivity contribution is 7.13. The molecule has 1 saturated heterocycles. The number of halogens is 2. The molecule has 2 aromatic heterocycles. The topological polar surface area (TPSA) is 77.0 Å². The van der Waals surface area contributed by atoms with Gasteiger partial charge < -0.3 is 10.6 Å². The normalized spacial score (nSPS) is 16.8. The molecule has 0 bridgehead atoms. The van der Waals surface area contributed by atoms with Crippen molar-refractivity contribution in [3.05, 3.63) is 53.4 Å². The fourth-order valence-electron chi connectivity index (χ4n) is 3.09. The van der Waals surface area contributed by atoms with Gasteiger partial charge in [-0.25, -0.2) is 14.1 Å². The molecule has 0 saturated carbocycles. The van der Waals surface area contributed by atoms with Crippen LogP contribution in [0.2, 0.25) is 0 Å². The Morgan fingerprint density at radius 1 is 1.30 bits per heavy atom. The Morgan fingerprint density at radius 2 is 2.15 bits per heavy atom. The molecule has 0 aliphatic carbocycles. The SMILES string of the molecule is Cl.NC1CCCN(C(=O)c2nc(-c3cccs3)n(-c3cccc(F)c3)n2)C1. The molecule has 1 fully saturated rings. The molecular formula is C18H19ClFN5OS. The molecule has 1 unspecified atom stereocenters. The van der Waals surface area contributed by atoms with Crippen molar-refractivity contribution in [3.8, 4) is 16.4 Å². The van der Waals surface area contributed by atoms with Gasteiger partial charge in [0.05, 0.1) is 10.6 Å². The summed E-state index contributed by atoms with van der Waals surface area (Å²) in [7, 11) is 0. The van der Waals surface area contributed by atoms with Gasteiger partial charge in [-0.1, -0.05) is 12.1 Å².